The molecule has 0 fully saturated rings. The Hall–Kier alpha value is -2.20. The summed E-state index contributed by atoms with van der Waals surface area (Å²) in [5, 5.41) is 4.89. The molecule has 0 aliphatic rings. The number of ether oxygens (including phenoxy) is 2. The van der Waals surface area contributed by atoms with Gasteiger partial charge in [0.05, 0.1) is 0 Å². The third-order valence-corrected chi connectivity index (χ3v) is 11.4. The van der Waals surface area contributed by atoms with Crippen molar-refractivity contribution in [3.05, 3.63) is 66.7 Å². The van der Waals surface area contributed by atoms with Gasteiger partial charge >= 0.3 is 184 Å². The second kappa shape index (κ2) is 8.50. The molecule has 4 aromatic rings. The van der Waals surface area contributed by atoms with Crippen molar-refractivity contribution in [2.45, 2.75) is 28.7 Å². The van der Waals surface area contributed by atoms with Gasteiger partial charge < -0.3 is 0 Å². The number of hydrogen-bond donors (Lipinski definition) is 0. The Labute approximate surface area is 183 Å². The molecule has 0 unspecified atom stereocenters. The average molecular weight is 505 g/mol. The van der Waals surface area contributed by atoms with Crippen LogP contribution in [0.15, 0.2) is 66.7 Å². The van der Waals surface area contributed by atoms with Gasteiger partial charge in [0.1, 0.15) is 0 Å². The molecule has 0 amide bonds. The third-order valence-electron chi connectivity index (χ3n) is 5.59. The van der Waals surface area contributed by atoms with E-state index in [1.54, 1.807) is 0 Å². The van der Waals surface area contributed by atoms with E-state index in [4.69, 9.17) is 9.47 Å². The van der Waals surface area contributed by atoms with Gasteiger partial charge in [-0.25, -0.2) is 0 Å². The molecule has 0 atom stereocenters. The van der Waals surface area contributed by atoms with Crippen molar-refractivity contribution in [2.75, 3.05) is 13.2 Å². The van der Waals surface area contributed by atoms with Crippen LogP contribution in [0.4, 0.5) is 0 Å². The Balaban J connectivity index is 2.11. The SMILES string of the molecule is CCOc1ccc2ccccc2c1-c1c(OCC)ccc2c[c]([Sn]([CH3])([CH3])[CH3])ccc12. The zero-order chi connectivity index (χ0) is 21.3. The predicted molar refractivity (Wildman–Crippen MR) is 132 cm³/mol. The Morgan fingerprint density at radius 3 is 1.80 bits per heavy atom. The second-order valence-corrected chi connectivity index (χ2v) is 23.1. The molecular weight excluding hydrogens is 475 g/mol. The molecule has 4 aromatic carbocycles. The van der Waals surface area contributed by atoms with Crippen LogP contribution in [0.2, 0.25) is 14.8 Å². The van der Waals surface area contributed by atoms with Gasteiger partial charge in [0, 0.05) is 0 Å². The van der Waals surface area contributed by atoms with Crippen molar-refractivity contribution in [3.63, 3.8) is 0 Å². The monoisotopic (exact) mass is 506 g/mol. The summed E-state index contributed by atoms with van der Waals surface area (Å²) in [7, 11) is 0. The molecule has 2 nitrogen and oxygen atoms in total. The summed E-state index contributed by atoms with van der Waals surface area (Å²) in [6, 6.07) is 24.1. The van der Waals surface area contributed by atoms with Crippen LogP contribution in [0.5, 0.6) is 11.5 Å². The molecule has 0 heterocycles. The first-order valence-corrected chi connectivity index (χ1v) is 20.8. The first kappa shape index (κ1) is 21.0. The first-order valence-electron chi connectivity index (χ1n) is 10.8. The van der Waals surface area contributed by atoms with E-state index in [9.17, 15) is 0 Å². The van der Waals surface area contributed by atoms with Crippen LogP contribution in [0.1, 0.15) is 13.8 Å². The van der Waals surface area contributed by atoms with Gasteiger partial charge in [-0.3, -0.25) is 0 Å². The van der Waals surface area contributed by atoms with Crippen molar-refractivity contribution in [3.8, 4) is 22.6 Å². The maximum absolute atomic E-state index is 6.14. The van der Waals surface area contributed by atoms with Gasteiger partial charge in [0.25, 0.3) is 0 Å². The summed E-state index contributed by atoms with van der Waals surface area (Å²) in [5.41, 5.74) is 2.25. The zero-order valence-corrected chi connectivity index (χ0v) is 21.4. The Morgan fingerprint density at radius 1 is 0.633 bits per heavy atom. The van der Waals surface area contributed by atoms with Crippen molar-refractivity contribution in [2.24, 2.45) is 0 Å². The van der Waals surface area contributed by atoms with E-state index in [1.807, 2.05) is 13.8 Å². The van der Waals surface area contributed by atoms with Crippen LogP contribution < -0.4 is 13.1 Å². The number of benzene rings is 4. The van der Waals surface area contributed by atoms with Crippen LogP contribution in [-0.2, 0) is 0 Å². The van der Waals surface area contributed by atoms with E-state index in [-0.39, 0.29) is 0 Å². The molecule has 0 radical (unpaired) electrons. The molecule has 0 saturated heterocycles. The summed E-state index contributed by atoms with van der Waals surface area (Å²) in [6.45, 7) is 5.33. The van der Waals surface area contributed by atoms with E-state index < -0.39 is 18.4 Å². The zero-order valence-electron chi connectivity index (χ0n) is 18.6. The molecule has 0 bridgehead atoms. The second-order valence-electron chi connectivity index (χ2n) is 8.65. The standard InChI is InChI=1S/C24H21O2.3CH3.Sn/c1-3-25-21-15-13-17-9-5-7-11-19(17)23(21)24-20-12-8-6-10-18(20)14-16-22(24)26-4-2;;;;/h5,7-16H,3-4H2,1-2H3;3*1H3;. The Morgan fingerprint density at radius 2 is 1.20 bits per heavy atom. The molecule has 0 saturated carbocycles. The van der Waals surface area contributed by atoms with Gasteiger partial charge in [-0.1, -0.05) is 0 Å². The summed E-state index contributed by atoms with van der Waals surface area (Å²) in [6.07, 6.45) is 0. The minimum absolute atomic E-state index is 0.628. The van der Waals surface area contributed by atoms with Crippen LogP contribution >= 0.6 is 0 Å². The third kappa shape index (κ3) is 3.90. The van der Waals surface area contributed by atoms with Crippen molar-refractivity contribution in [1.29, 1.82) is 0 Å². The summed E-state index contributed by atoms with van der Waals surface area (Å²) >= 11 is -2.17. The van der Waals surface area contributed by atoms with E-state index >= 15 is 0 Å². The summed E-state index contributed by atoms with van der Waals surface area (Å²) < 4.78 is 13.8. The van der Waals surface area contributed by atoms with Crippen LogP contribution in [0.25, 0.3) is 32.7 Å². The molecule has 0 N–H and O–H groups in total. The number of hydrogen-bond acceptors (Lipinski definition) is 2. The molecule has 30 heavy (non-hydrogen) atoms. The predicted octanol–water partition coefficient (Wildman–Crippen LogP) is 7.00. The number of rotatable bonds is 6. The number of fused-ring (bicyclic) bond motifs is 2. The van der Waals surface area contributed by atoms with E-state index in [0.717, 1.165) is 22.6 Å². The molecule has 0 aliphatic carbocycles. The van der Waals surface area contributed by atoms with Crippen LogP contribution in [0, 0.1) is 0 Å². The minimum atomic E-state index is -2.17. The molecular formula is C27H30O2Sn. The summed E-state index contributed by atoms with van der Waals surface area (Å²) in [4.78, 5) is 7.38. The van der Waals surface area contributed by atoms with Crippen molar-refractivity contribution < 1.29 is 9.47 Å². The summed E-state index contributed by atoms with van der Waals surface area (Å²) in [5.74, 6) is 1.82. The molecule has 154 valence electrons. The first-order chi connectivity index (χ1) is 14.4. The average Bonchev–Trinajstić information content (AvgIpc) is 2.73. The van der Waals surface area contributed by atoms with Crippen molar-refractivity contribution >= 4 is 43.5 Å². The van der Waals surface area contributed by atoms with Gasteiger partial charge in [-0.2, -0.15) is 0 Å². The van der Waals surface area contributed by atoms with E-state index in [1.165, 1.54) is 25.1 Å². The Bertz CT molecular complexity index is 1200. The van der Waals surface area contributed by atoms with Gasteiger partial charge in [-0.15, -0.1) is 0 Å². The molecule has 3 heteroatoms. The molecule has 4 rings (SSSR count). The van der Waals surface area contributed by atoms with Crippen molar-refractivity contribution in [1.82, 2.24) is 0 Å². The molecule has 0 aliphatic heterocycles. The quantitative estimate of drug-likeness (QED) is 0.263. The van der Waals surface area contributed by atoms with Crippen LogP contribution in [-0.4, -0.2) is 31.6 Å². The fraction of sp³-hybridized carbons (Fsp3) is 0.259. The normalized spacial score (nSPS) is 11.8. The fourth-order valence-electron chi connectivity index (χ4n) is 4.10. The topological polar surface area (TPSA) is 18.5 Å². The van der Waals surface area contributed by atoms with E-state index in [2.05, 4.69) is 81.5 Å². The fourth-order valence-corrected chi connectivity index (χ4v) is 7.44. The maximum atomic E-state index is 6.14. The Kier molecular flexibility index (Phi) is 5.97. The van der Waals surface area contributed by atoms with Crippen LogP contribution in [0.3, 0.4) is 0 Å². The van der Waals surface area contributed by atoms with Gasteiger partial charge in [-0.05, 0) is 0 Å². The van der Waals surface area contributed by atoms with E-state index in [0.29, 0.717) is 13.2 Å². The van der Waals surface area contributed by atoms with Gasteiger partial charge in [0.2, 0.25) is 0 Å². The molecule has 0 spiro atoms. The molecule has 0 aromatic heterocycles. The van der Waals surface area contributed by atoms with Gasteiger partial charge in [0.15, 0.2) is 0 Å².